The smallest absolute Gasteiger partial charge is 0.251 e. The van der Waals surface area contributed by atoms with Gasteiger partial charge in [-0.2, -0.15) is 5.26 Å². The fourth-order valence-electron chi connectivity index (χ4n) is 2.43. The molecule has 1 atom stereocenters. The van der Waals surface area contributed by atoms with Gasteiger partial charge in [0.2, 0.25) is 0 Å². The molecule has 25 heavy (non-hydrogen) atoms. The molecule has 2 aromatic carbocycles. The molecule has 2 aromatic rings. The number of hydrogen-bond donors (Lipinski definition) is 1. The predicted molar refractivity (Wildman–Crippen MR) is 95.8 cm³/mol. The molecule has 0 saturated heterocycles. The number of carbonyl (C=O) groups excluding carboxylic acids is 1. The number of carbonyl (C=O) groups is 1. The van der Waals surface area contributed by atoms with Gasteiger partial charge in [-0.1, -0.05) is 12.1 Å². The molecule has 0 bridgehead atoms. The lowest BCUT2D eigenvalue weighted by Crippen LogP contribution is -2.26. The van der Waals surface area contributed by atoms with Crippen molar-refractivity contribution in [1.29, 1.82) is 5.26 Å². The molecular weight excluding hydrogens is 316 g/mol. The van der Waals surface area contributed by atoms with Crippen LogP contribution >= 0.6 is 0 Å². The molecule has 0 aliphatic carbocycles. The van der Waals surface area contributed by atoms with E-state index in [1.807, 2.05) is 45.0 Å². The van der Waals surface area contributed by atoms with Crippen LogP contribution in [0.3, 0.4) is 0 Å². The van der Waals surface area contributed by atoms with Crippen molar-refractivity contribution in [1.82, 2.24) is 5.32 Å². The Labute approximate surface area is 148 Å². The second kappa shape index (κ2) is 8.74. The average molecular weight is 338 g/mol. The van der Waals surface area contributed by atoms with Crippen LogP contribution in [-0.4, -0.2) is 19.1 Å². The van der Waals surface area contributed by atoms with Crippen molar-refractivity contribution in [3.8, 4) is 17.6 Å². The Morgan fingerprint density at radius 3 is 2.52 bits per heavy atom. The zero-order valence-electron chi connectivity index (χ0n) is 14.7. The van der Waals surface area contributed by atoms with Crippen LogP contribution in [0.4, 0.5) is 0 Å². The van der Waals surface area contributed by atoms with Gasteiger partial charge in [-0.25, -0.2) is 0 Å². The molecule has 0 unspecified atom stereocenters. The topological polar surface area (TPSA) is 71.3 Å². The molecule has 1 amide bonds. The summed E-state index contributed by atoms with van der Waals surface area (Å²) in [5.74, 6) is 1.12. The number of nitrogens with zero attached hydrogens (tertiary/aromatic N) is 1. The van der Waals surface area contributed by atoms with Crippen molar-refractivity contribution in [2.45, 2.75) is 26.8 Å². The van der Waals surface area contributed by atoms with Gasteiger partial charge in [-0.3, -0.25) is 4.79 Å². The molecule has 130 valence electrons. The fraction of sp³-hybridized carbons (Fsp3) is 0.300. The standard InChI is InChI=1S/C20H22N2O3/c1-4-24-18-10-9-16(12-19(18)25-5-2)14(3)22-20(23)17-8-6-7-15(11-17)13-21/h6-12,14H,4-5H2,1-3H3,(H,22,23)/t14-/m0/s1. The molecule has 0 spiro atoms. The Bertz CT molecular complexity index is 781. The minimum atomic E-state index is -0.226. The summed E-state index contributed by atoms with van der Waals surface area (Å²) in [5.41, 5.74) is 1.83. The highest BCUT2D eigenvalue weighted by molar-refractivity contribution is 5.94. The highest BCUT2D eigenvalue weighted by atomic mass is 16.5. The Balaban J connectivity index is 2.16. The Hall–Kier alpha value is -3.00. The minimum absolute atomic E-state index is 0.215. The normalized spacial score (nSPS) is 11.3. The largest absolute Gasteiger partial charge is 0.490 e. The van der Waals surface area contributed by atoms with E-state index < -0.39 is 0 Å². The summed E-state index contributed by atoms with van der Waals surface area (Å²) >= 11 is 0. The van der Waals surface area contributed by atoms with Gasteiger partial charge in [0.25, 0.3) is 5.91 Å². The van der Waals surface area contributed by atoms with Gasteiger partial charge in [-0.15, -0.1) is 0 Å². The first-order valence-corrected chi connectivity index (χ1v) is 8.29. The third-order valence-corrected chi connectivity index (χ3v) is 3.67. The van der Waals surface area contributed by atoms with Crippen molar-refractivity contribution in [3.05, 3.63) is 59.2 Å². The van der Waals surface area contributed by atoms with Gasteiger partial charge in [0, 0.05) is 5.56 Å². The van der Waals surface area contributed by atoms with Gasteiger partial charge in [0.05, 0.1) is 30.9 Å². The van der Waals surface area contributed by atoms with Crippen LogP contribution in [0.15, 0.2) is 42.5 Å². The first-order chi connectivity index (χ1) is 12.1. The van der Waals surface area contributed by atoms with E-state index in [1.165, 1.54) is 0 Å². The zero-order chi connectivity index (χ0) is 18.2. The molecule has 0 fully saturated rings. The number of hydrogen-bond acceptors (Lipinski definition) is 4. The molecule has 0 radical (unpaired) electrons. The first kappa shape index (κ1) is 18.3. The Morgan fingerprint density at radius 1 is 1.12 bits per heavy atom. The van der Waals surface area contributed by atoms with Gasteiger partial charge in [0.1, 0.15) is 0 Å². The maximum Gasteiger partial charge on any atom is 0.251 e. The quantitative estimate of drug-likeness (QED) is 0.832. The molecule has 0 saturated carbocycles. The minimum Gasteiger partial charge on any atom is -0.490 e. The van der Waals surface area contributed by atoms with Crippen LogP contribution in [0.25, 0.3) is 0 Å². The summed E-state index contributed by atoms with van der Waals surface area (Å²) in [5, 5.41) is 11.9. The second-order valence-corrected chi connectivity index (χ2v) is 5.46. The summed E-state index contributed by atoms with van der Waals surface area (Å²) in [4.78, 5) is 12.4. The zero-order valence-corrected chi connectivity index (χ0v) is 14.7. The van der Waals surface area contributed by atoms with Crippen LogP contribution in [0, 0.1) is 11.3 Å². The van der Waals surface area contributed by atoms with Crippen molar-refractivity contribution < 1.29 is 14.3 Å². The monoisotopic (exact) mass is 338 g/mol. The van der Waals surface area contributed by atoms with E-state index in [1.54, 1.807) is 24.3 Å². The van der Waals surface area contributed by atoms with Crippen LogP contribution in [0.2, 0.25) is 0 Å². The van der Waals surface area contributed by atoms with Crippen LogP contribution < -0.4 is 14.8 Å². The third-order valence-electron chi connectivity index (χ3n) is 3.67. The summed E-state index contributed by atoms with van der Waals surface area (Å²) in [6.07, 6.45) is 0. The second-order valence-electron chi connectivity index (χ2n) is 5.46. The number of benzene rings is 2. The third kappa shape index (κ3) is 4.74. The lowest BCUT2D eigenvalue weighted by molar-refractivity contribution is 0.0939. The lowest BCUT2D eigenvalue weighted by Gasteiger charge is -2.17. The van der Waals surface area contributed by atoms with Crippen LogP contribution in [-0.2, 0) is 0 Å². The number of nitriles is 1. The number of ether oxygens (including phenoxy) is 2. The highest BCUT2D eigenvalue weighted by Gasteiger charge is 2.14. The van der Waals surface area contributed by atoms with Gasteiger partial charge in [0.15, 0.2) is 11.5 Å². The van der Waals surface area contributed by atoms with E-state index in [0.717, 1.165) is 5.56 Å². The van der Waals surface area contributed by atoms with Gasteiger partial charge < -0.3 is 14.8 Å². The van der Waals surface area contributed by atoms with Crippen molar-refractivity contribution in [2.24, 2.45) is 0 Å². The highest BCUT2D eigenvalue weighted by Crippen LogP contribution is 2.30. The average Bonchev–Trinajstić information content (AvgIpc) is 2.63. The predicted octanol–water partition coefficient (Wildman–Crippen LogP) is 3.85. The van der Waals surface area contributed by atoms with E-state index in [-0.39, 0.29) is 11.9 Å². The maximum atomic E-state index is 12.4. The molecule has 2 rings (SSSR count). The Morgan fingerprint density at radius 2 is 1.84 bits per heavy atom. The van der Waals surface area contributed by atoms with Crippen molar-refractivity contribution in [2.75, 3.05) is 13.2 Å². The van der Waals surface area contributed by atoms with E-state index >= 15 is 0 Å². The van der Waals surface area contributed by atoms with Crippen LogP contribution in [0.5, 0.6) is 11.5 Å². The van der Waals surface area contributed by atoms with Gasteiger partial charge in [-0.05, 0) is 56.7 Å². The molecule has 0 heterocycles. The van der Waals surface area contributed by atoms with E-state index in [9.17, 15) is 4.79 Å². The van der Waals surface area contributed by atoms with Crippen molar-refractivity contribution >= 4 is 5.91 Å². The molecule has 0 aliphatic heterocycles. The lowest BCUT2D eigenvalue weighted by atomic mass is 10.1. The molecule has 0 aliphatic rings. The number of nitrogens with one attached hydrogen (secondary N) is 1. The molecule has 0 aromatic heterocycles. The summed E-state index contributed by atoms with van der Waals surface area (Å²) in [7, 11) is 0. The maximum absolute atomic E-state index is 12.4. The van der Waals surface area contributed by atoms with E-state index in [2.05, 4.69) is 5.32 Å². The van der Waals surface area contributed by atoms with E-state index in [4.69, 9.17) is 14.7 Å². The van der Waals surface area contributed by atoms with E-state index in [0.29, 0.717) is 35.8 Å². The molecule has 5 nitrogen and oxygen atoms in total. The van der Waals surface area contributed by atoms with Crippen molar-refractivity contribution in [3.63, 3.8) is 0 Å². The number of rotatable bonds is 7. The Kier molecular flexibility index (Phi) is 6.41. The van der Waals surface area contributed by atoms with Crippen LogP contribution in [0.1, 0.15) is 48.3 Å². The number of amides is 1. The summed E-state index contributed by atoms with van der Waals surface area (Å²) < 4.78 is 11.2. The molecule has 5 heteroatoms. The fourth-order valence-corrected chi connectivity index (χ4v) is 2.43. The summed E-state index contributed by atoms with van der Waals surface area (Å²) in [6.45, 7) is 6.82. The first-order valence-electron chi connectivity index (χ1n) is 8.29. The van der Waals surface area contributed by atoms with Gasteiger partial charge >= 0.3 is 0 Å². The summed E-state index contributed by atoms with van der Waals surface area (Å²) in [6, 6.07) is 14.1. The molecule has 1 N–H and O–H groups in total. The molecular formula is C20H22N2O3. The SMILES string of the molecule is CCOc1ccc([C@H](C)NC(=O)c2cccc(C#N)c2)cc1OCC.